The van der Waals surface area contributed by atoms with Crippen molar-refractivity contribution < 1.29 is 29.3 Å². The molecule has 0 aliphatic heterocycles. The molecule has 8 nitrogen and oxygen atoms in total. The summed E-state index contributed by atoms with van der Waals surface area (Å²) in [5.41, 5.74) is 1.83. The third kappa shape index (κ3) is 8.02. The number of rotatable bonds is 6. The highest BCUT2D eigenvalue weighted by Gasteiger charge is 2.13. The second-order valence-electron chi connectivity index (χ2n) is 5.38. The maximum atomic E-state index is 12.1. The van der Waals surface area contributed by atoms with Crippen LogP contribution in [0.3, 0.4) is 0 Å². The van der Waals surface area contributed by atoms with Crippen molar-refractivity contribution in [1.82, 2.24) is 5.32 Å². The van der Waals surface area contributed by atoms with Gasteiger partial charge in [0.05, 0.1) is 13.2 Å². The van der Waals surface area contributed by atoms with Gasteiger partial charge in [-0.15, -0.1) is 0 Å². The van der Waals surface area contributed by atoms with Crippen LogP contribution in [0.15, 0.2) is 54.6 Å². The van der Waals surface area contributed by atoms with E-state index in [-0.39, 0.29) is 11.9 Å². The maximum Gasteiger partial charge on any atom is 0.414 e. The molecule has 2 rings (SSSR count). The van der Waals surface area contributed by atoms with Crippen LogP contribution in [0.5, 0.6) is 5.75 Å². The molecule has 0 saturated carbocycles. The van der Waals surface area contributed by atoms with Crippen LogP contribution >= 0.6 is 0 Å². The summed E-state index contributed by atoms with van der Waals surface area (Å²) in [5.74, 6) is -2.89. The van der Waals surface area contributed by atoms with Gasteiger partial charge in [0.1, 0.15) is 5.75 Å². The van der Waals surface area contributed by atoms with E-state index in [0.29, 0.717) is 6.54 Å². The number of carbonyl (C=O) groups is 3. The van der Waals surface area contributed by atoms with Crippen molar-refractivity contribution in [3.8, 4) is 5.75 Å². The molecule has 0 aliphatic rings. The Morgan fingerprint density at radius 3 is 2.07 bits per heavy atom. The molecule has 2 aromatic rings. The fourth-order valence-electron chi connectivity index (χ4n) is 1.98. The SMILES string of the molecule is COc1ccccc1CNC(C)C(=O)Nc1ccccc1.O=C(O)C(=O)O. The van der Waals surface area contributed by atoms with E-state index in [1.807, 2.05) is 61.5 Å². The van der Waals surface area contributed by atoms with Gasteiger partial charge in [0.15, 0.2) is 0 Å². The van der Waals surface area contributed by atoms with Crippen LogP contribution in [-0.2, 0) is 20.9 Å². The van der Waals surface area contributed by atoms with E-state index < -0.39 is 11.9 Å². The number of aliphatic carboxylic acids is 2. The highest BCUT2D eigenvalue weighted by Crippen LogP contribution is 2.17. The second kappa shape index (κ2) is 11.3. The van der Waals surface area contributed by atoms with Crippen LogP contribution < -0.4 is 15.4 Å². The first-order valence-electron chi connectivity index (χ1n) is 8.02. The Bertz CT molecular complexity index is 752. The highest BCUT2D eigenvalue weighted by atomic mass is 16.5. The van der Waals surface area contributed by atoms with Crippen molar-refractivity contribution in [2.45, 2.75) is 19.5 Å². The van der Waals surface area contributed by atoms with Gasteiger partial charge in [-0.2, -0.15) is 0 Å². The number of methoxy groups -OCH3 is 1. The Kier molecular flexibility index (Phi) is 9.04. The standard InChI is InChI=1S/C17H20N2O2.C2H2O4/c1-13(17(20)19-15-9-4-3-5-10-15)18-12-14-8-6-7-11-16(14)21-2;3-1(4)2(5)6/h3-11,13,18H,12H2,1-2H3,(H,19,20);(H,3,4)(H,5,6). The van der Waals surface area contributed by atoms with Crippen molar-refractivity contribution in [2.75, 3.05) is 12.4 Å². The first-order valence-corrected chi connectivity index (χ1v) is 8.02. The van der Waals surface area contributed by atoms with Crippen LogP contribution in [0.25, 0.3) is 0 Å². The number of nitrogens with one attached hydrogen (secondary N) is 2. The van der Waals surface area contributed by atoms with Crippen LogP contribution in [0.1, 0.15) is 12.5 Å². The average molecular weight is 374 g/mol. The lowest BCUT2D eigenvalue weighted by Gasteiger charge is -2.15. The molecule has 0 spiro atoms. The minimum Gasteiger partial charge on any atom is -0.496 e. The molecule has 0 saturated heterocycles. The first-order chi connectivity index (χ1) is 12.8. The number of hydrogen-bond acceptors (Lipinski definition) is 5. The Morgan fingerprint density at radius 2 is 1.52 bits per heavy atom. The van der Waals surface area contributed by atoms with Crippen molar-refractivity contribution in [3.63, 3.8) is 0 Å². The van der Waals surface area contributed by atoms with Gasteiger partial charge in [-0.1, -0.05) is 36.4 Å². The molecule has 0 aromatic heterocycles. The topological polar surface area (TPSA) is 125 Å². The lowest BCUT2D eigenvalue weighted by atomic mass is 10.2. The van der Waals surface area contributed by atoms with E-state index in [4.69, 9.17) is 24.5 Å². The third-order valence-corrected chi connectivity index (χ3v) is 3.41. The predicted molar refractivity (Wildman–Crippen MR) is 99.6 cm³/mol. The van der Waals surface area contributed by atoms with Crippen LogP contribution in [0.2, 0.25) is 0 Å². The largest absolute Gasteiger partial charge is 0.496 e. The van der Waals surface area contributed by atoms with Gasteiger partial charge in [-0.25, -0.2) is 9.59 Å². The molecule has 0 bridgehead atoms. The summed E-state index contributed by atoms with van der Waals surface area (Å²) in [5, 5.41) is 20.9. The lowest BCUT2D eigenvalue weighted by molar-refractivity contribution is -0.159. The second-order valence-corrected chi connectivity index (χ2v) is 5.38. The van der Waals surface area contributed by atoms with E-state index in [1.54, 1.807) is 7.11 Å². The zero-order valence-electron chi connectivity index (χ0n) is 15.0. The molecule has 0 aliphatic carbocycles. The summed E-state index contributed by atoms with van der Waals surface area (Å²) in [6.07, 6.45) is 0. The number of carboxylic acids is 2. The molecule has 1 unspecified atom stereocenters. The van der Waals surface area contributed by atoms with E-state index in [1.165, 1.54) is 0 Å². The van der Waals surface area contributed by atoms with Gasteiger partial charge in [-0.3, -0.25) is 4.79 Å². The zero-order chi connectivity index (χ0) is 20.2. The lowest BCUT2D eigenvalue weighted by Crippen LogP contribution is -2.37. The molecular formula is C19H22N2O6. The number of hydrogen-bond donors (Lipinski definition) is 4. The summed E-state index contributed by atoms with van der Waals surface area (Å²) in [6, 6.07) is 16.9. The van der Waals surface area contributed by atoms with E-state index in [9.17, 15) is 4.79 Å². The smallest absolute Gasteiger partial charge is 0.414 e. The monoisotopic (exact) mass is 374 g/mol. The number of benzene rings is 2. The number of anilines is 1. The number of ether oxygens (including phenoxy) is 1. The fourth-order valence-corrected chi connectivity index (χ4v) is 1.98. The molecule has 1 amide bonds. The first kappa shape index (κ1) is 21.7. The summed E-state index contributed by atoms with van der Waals surface area (Å²) >= 11 is 0. The number of carboxylic acid groups (broad SMARTS) is 2. The summed E-state index contributed by atoms with van der Waals surface area (Å²) in [6.45, 7) is 2.42. The molecule has 0 heterocycles. The molecular weight excluding hydrogens is 352 g/mol. The molecule has 0 fully saturated rings. The maximum absolute atomic E-state index is 12.1. The van der Waals surface area contributed by atoms with Gasteiger partial charge < -0.3 is 25.6 Å². The minimum atomic E-state index is -1.82. The van der Waals surface area contributed by atoms with Gasteiger partial charge in [0.2, 0.25) is 5.91 Å². The fraction of sp³-hybridized carbons (Fsp3) is 0.211. The molecule has 4 N–H and O–H groups in total. The van der Waals surface area contributed by atoms with Crippen LogP contribution in [-0.4, -0.2) is 41.2 Å². The van der Waals surface area contributed by atoms with E-state index in [2.05, 4.69) is 10.6 Å². The quantitative estimate of drug-likeness (QED) is 0.570. The molecule has 27 heavy (non-hydrogen) atoms. The van der Waals surface area contributed by atoms with Gasteiger partial charge in [0, 0.05) is 17.8 Å². The Labute approximate surface area is 156 Å². The van der Waals surface area contributed by atoms with Crippen molar-refractivity contribution >= 4 is 23.5 Å². The van der Waals surface area contributed by atoms with E-state index >= 15 is 0 Å². The molecule has 144 valence electrons. The van der Waals surface area contributed by atoms with E-state index in [0.717, 1.165) is 17.0 Å². The molecule has 0 radical (unpaired) electrons. The van der Waals surface area contributed by atoms with Crippen molar-refractivity contribution in [3.05, 3.63) is 60.2 Å². The zero-order valence-corrected chi connectivity index (χ0v) is 15.0. The number of amides is 1. The van der Waals surface area contributed by atoms with Gasteiger partial charge in [-0.05, 0) is 25.1 Å². The van der Waals surface area contributed by atoms with Gasteiger partial charge >= 0.3 is 11.9 Å². The van der Waals surface area contributed by atoms with Gasteiger partial charge in [0.25, 0.3) is 0 Å². The Morgan fingerprint density at radius 1 is 0.963 bits per heavy atom. The molecule has 1 atom stereocenters. The van der Waals surface area contributed by atoms with Crippen molar-refractivity contribution in [2.24, 2.45) is 0 Å². The average Bonchev–Trinajstić information content (AvgIpc) is 2.67. The molecule has 2 aromatic carbocycles. The summed E-state index contributed by atoms with van der Waals surface area (Å²) in [7, 11) is 1.64. The Hall–Kier alpha value is -3.39. The predicted octanol–water partition coefficient (Wildman–Crippen LogP) is 1.97. The minimum absolute atomic E-state index is 0.0592. The highest BCUT2D eigenvalue weighted by molar-refractivity contribution is 6.27. The third-order valence-electron chi connectivity index (χ3n) is 3.41. The van der Waals surface area contributed by atoms with Crippen LogP contribution in [0, 0.1) is 0 Å². The summed E-state index contributed by atoms with van der Waals surface area (Å²) in [4.78, 5) is 30.3. The molecule has 8 heteroatoms. The number of para-hydroxylation sites is 2. The van der Waals surface area contributed by atoms with Crippen molar-refractivity contribution in [1.29, 1.82) is 0 Å². The number of carbonyl (C=O) groups excluding carboxylic acids is 1. The van der Waals surface area contributed by atoms with Crippen LogP contribution in [0.4, 0.5) is 5.69 Å². The Balaban J connectivity index is 0.000000527. The normalized spacial score (nSPS) is 10.7. The summed E-state index contributed by atoms with van der Waals surface area (Å²) < 4.78 is 5.29.